The molecule has 0 N–H and O–H groups in total. The summed E-state index contributed by atoms with van der Waals surface area (Å²) in [6.45, 7) is 0. The highest BCUT2D eigenvalue weighted by Crippen LogP contribution is 2.56. The van der Waals surface area contributed by atoms with Gasteiger partial charge in [0.05, 0.1) is 0 Å². The summed E-state index contributed by atoms with van der Waals surface area (Å²) in [5.41, 5.74) is -2.42. The van der Waals surface area contributed by atoms with Crippen LogP contribution in [-0.2, 0) is 5.92 Å². The maximum absolute atomic E-state index is 13.4. The van der Waals surface area contributed by atoms with E-state index in [4.69, 9.17) is 0 Å². The molecular weight excluding hydrogens is 319 g/mol. The van der Waals surface area contributed by atoms with Crippen LogP contribution in [0.4, 0.5) is 39.5 Å². The first kappa shape index (κ1) is 17.3. The molecule has 0 aromatic heterocycles. The van der Waals surface area contributed by atoms with E-state index in [0.717, 1.165) is 6.07 Å². The average molecular weight is 324 g/mol. The van der Waals surface area contributed by atoms with E-state index in [0.29, 0.717) is 6.07 Å². The second kappa shape index (κ2) is 4.92. The van der Waals surface area contributed by atoms with Gasteiger partial charge in [0.2, 0.25) is 0 Å². The first-order valence-electron chi connectivity index (χ1n) is 5.05. The van der Waals surface area contributed by atoms with Crippen molar-refractivity contribution in [2.75, 3.05) is 0 Å². The van der Waals surface area contributed by atoms with Crippen molar-refractivity contribution < 1.29 is 44.3 Å². The molecule has 0 fully saturated rings. The van der Waals surface area contributed by atoms with Crippen molar-refractivity contribution in [2.24, 2.45) is 0 Å². The topological polar surface area (TPSA) is 17.1 Å². The lowest BCUT2D eigenvalue weighted by atomic mass is 9.95. The predicted octanol–water partition coefficient (Wildman–Crippen LogP) is 4.42. The number of hydrogen-bond acceptors (Lipinski definition) is 1. The maximum Gasteiger partial charge on any atom is 0.460 e. The lowest BCUT2D eigenvalue weighted by Crippen LogP contribution is -2.59. The molecule has 0 aliphatic heterocycles. The van der Waals surface area contributed by atoms with E-state index in [9.17, 15) is 44.3 Å². The summed E-state index contributed by atoms with van der Waals surface area (Å²) in [6.07, 6.45) is -6.93. The molecule has 0 aliphatic carbocycles. The molecule has 21 heavy (non-hydrogen) atoms. The molecule has 0 saturated carbocycles. The van der Waals surface area contributed by atoms with Gasteiger partial charge in [-0.05, 0) is 6.07 Å². The van der Waals surface area contributed by atoms with Crippen LogP contribution in [0, 0.1) is 0 Å². The number of alkyl halides is 9. The third-order valence-corrected chi connectivity index (χ3v) is 2.53. The summed E-state index contributed by atoms with van der Waals surface area (Å²) in [4.78, 5) is 10.3. The van der Waals surface area contributed by atoms with Gasteiger partial charge in [-0.1, -0.05) is 18.2 Å². The third-order valence-electron chi connectivity index (χ3n) is 2.53. The Bertz CT molecular complexity index is 533. The van der Waals surface area contributed by atoms with Crippen molar-refractivity contribution in [3.63, 3.8) is 0 Å². The normalized spacial score (nSPS) is 14.1. The Morgan fingerprint density at radius 1 is 0.810 bits per heavy atom. The smallest absolute Gasteiger partial charge is 0.298 e. The fraction of sp³-hybridized carbons (Fsp3) is 0.364. The molecule has 0 radical (unpaired) electrons. The van der Waals surface area contributed by atoms with E-state index in [-0.39, 0.29) is 18.4 Å². The number of halogens is 9. The second-order valence-electron chi connectivity index (χ2n) is 3.96. The van der Waals surface area contributed by atoms with Crippen LogP contribution >= 0.6 is 0 Å². The molecule has 0 unspecified atom stereocenters. The Morgan fingerprint density at radius 3 is 1.76 bits per heavy atom. The van der Waals surface area contributed by atoms with Crippen molar-refractivity contribution in [3.05, 3.63) is 35.4 Å². The number of aldehydes is 1. The molecule has 0 amide bonds. The van der Waals surface area contributed by atoms with Crippen LogP contribution in [-0.4, -0.2) is 24.3 Å². The SMILES string of the molecule is O=Cc1cccc(C(F)(F)C(F)(F)C(F)(F)C(F)(F)F)c1. The summed E-state index contributed by atoms with van der Waals surface area (Å²) in [5.74, 6) is -19.5. The fourth-order valence-electron chi connectivity index (χ4n) is 1.36. The third kappa shape index (κ3) is 2.58. The van der Waals surface area contributed by atoms with E-state index in [1.54, 1.807) is 0 Å². The highest BCUT2D eigenvalue weighted by Gasteiger charge is 2.81. The molecule has 0 saturated heterocycles. The Morgan fingerprint density at radius 2 is 1.33 bits per heavy atom. The van der Waals surface area contributed by atoms with Gasteiger partial charge in [-0.3, -0.25) is 4.79 Å². The maximum atomic E-state index is 13.4. The molecule has 1 aromatic rings. The number of hydrogen-bond donors (Lipinski definition) is 0. The number of rotatable bonds is 4. The van der Waals surface area contributed by atoms with Gasteiger partial charge in [0.1, 0.15) is 6.29 Å². The van der Waals surface area contributed by atoms with E-state index in [1.165, 1.54) is 0 Å². The zero-order valence-electron chi connectivity index (χ0n) is 9.70. The Labute approximate surface area is 111 Å². The van der Waals surface area contributed by atoms with Gasteiger partial charge in [-0.2, -0.15) is 39.5 Å². The van der Waals surface area contributed by atoms with Gasteiger partial charge >= 0.3 is 23.9 Å². The monoisotopic (exact) mass is 324 g/mol. The average Bonchev–Trinajstić information content (AvgIpc) is 2.37. The lowest BCUT2D eigenvalue weighted by Gasteiger charge is -2.33. The van der Waals surface area contributed by atoms with Gasteiger partial charge in [0.25, 0.3) is 0 Å². The van der Waals surface area contributed by atoms with Crippen molar-refractivity contribution in [1.29, 1.82) is 0 Å². The number of carbonyl (C=O) groups is 1. The minimum absolute atomic E-state index is 0.0559. The number of benzene rings is 1. The highest BCUT2D eigenvalue weighted by atomic mass is 19.4. The Balaban J connectivity index is 3.42. The minimum Gasteiger partial charge on any atom is -0.298 e. The predicted molar refractivity (Wildman–Crippen MR) is 51.7 cm³/mol. The molecule has 118 valence electrons. The van der Waals surface area contributed by atoms with Gasteiger partial charge in [0, 0.05) is 11.1 Å². The largest absolute Gasteiger partial charge is 0.460 e. The standard InChI is InChI=1S/C11H5F9O/c12-8(13,7-3-1-2-6(4-7)5-21)9(14,15)10(16,17)11(18,19)20/h1-5H. The minimum atomic E-state index is -6.96. The van der Waals surface area contributed by atoms with E-state index in [2.05, 4.69) is 0 Å². The summed E-state index contributed by atoms with van der Waals surface area (Å²) in [7, 11) is 0. The van der Waals surface area contributed by atoms with E-state index < -0.39 is 35.1 Å². The van der Waals surface area contributed by atoms with Gasteiger partial charge in [-0.25, -0.2) is 0 Å². The van der Waals surface area contributed by atoms with Crippen molar-refractivity contribution in [1.82, 2.24) is 0 Å². The van der Waals surface area contributed by atoms with Crippen LogP contribution in [0.15, 0.2) is 24.3 Å². The van der Waals surface area contributed by atoms with Crippen molar-refractivity contribution >= 4 is 6.29 Å². The second-order valence-corrected chi connectivity index (χ2v) is 3.96. The van der Waals surface area contributed by atoms with Crippen LogP contribution in [0.1, 0.15) is 15.9 Å². The molecule has 0 atom stereocenters. The van der Waals surface area contributed by atoms with Crippen LogP contribution in [0.5, 0.6) is 0 Å². The summed E-state index contributed by atoms with van der Waals surface area (Å²) in [5, 5.41) is 0. The van der Waals surface area contributed by atoms with E-state index in [1.807, 2.05) is 0 Å². The zero-order valence-corrected chi connectivity index (χ0v) is 9.70. The zero-order chi connectivity index (χ0) is 16.7. The lowest BCUT2D eigenvalue weighted by molar-refractivity contribution is -0.399. The van der Waals surface area contributed by atoms with Crippen LogP contribution in [0.2, 0.25) is 0 Å². The first-order chi connectivity index (χ1) is 9.29. The van der Waals surface area contributed by atoms with Crippen LogP contribution in [0.3, 0.4) is 0 Å². The summed E-state index contributed by atoms with van der Waals surface area (Å²) in [6, 6.07) is 1.85. The van der Waals surface area contributed by atoms with Crippen LogP contribution in [0.25, 0.3) is 0 Å². The fourth-order valence-corrected chi connectivity index (χ4v) is 1.36. The van der Waals surface area contributed by atoms with Crippen molar-refractivity contribution in [3.8, 4) is 0 Å². The molecule has 0 aliphatic rings. The molecule has 10 heteroatoms. The Hall–Kier alpha value is -1.74. The van der Waals surface area contributed by atoms with E-state index >= 15 is 0 Å². The molecule has 1 nitrogen and oxygen atoms in total. The molecule has 0 bridgehead atoms. The summed E-state index contributed by atoms with van der Waals surface area (Å²) >= 11 is 0. The van der Waals surface area contributed by atoms with Gasteiger partial charge < -0.3 is 0 Å². The molecule has 1 aromatic carbocycles. The van der Waals surface area contributed by atoms with Gasteiger partial charge in [-0.15, -0.1) is 0 Å². The van der Waals surface area contributed by atoms with Crippen LogP contribution < -0.4 is 0 Å². The van der Waals surface area contributed by atoms with Crippen molar-refractivity contribution in [2.45, 2.75) is 23.9 Å². The number of carbonyl (C=O) groups excluding carboxylic acids is 1. The molecule has 1 rings (SSSR count). The molecule has 0 heterocycles. The quantitative estimate of drug-likeness (QED) is 0.592. The van der Waals surface area contributed by atoms with Gasteiger partial charge in [0.15, 0.2) is 0 Å². The first-order valence-corrected chi connectivity index (χ1v) is 5.05. The molecular formula is C11H5F9O. The highest BCUT2D eigenvalue weighted by molar-refractivity contribution is 5.75. The molecule has 0 spiro atoms. The summed E-state index contributed by atoms with van der Waals surface area (Å²) < 4.78 is 114. The Kier molecular flexibility index (Phi) is 4.05.